The number of benzene rings is 3. The summed E-state index contributed by atoms with van der Waals surface area (Å²) >= 11 is 0. The second kappa shape index (κ2) is 13.4. The third kappa shape index (κ3) is 5.93. The second-order valence-electron chi connectivity index (χ2n) is 14.3. The zero-order valence-electron chi connectivity index (χ0n) is 29.0. The molecule has 12 heteroatoms. The van der Waals surface area contributed by atoms with Gasteiger partial charge in [-0.2, -0.15) is 0 Å². The van der Waals surface area contributed by atoms with Crippen LogP contribution in [0.15, 0.2) is 79.0 Å². The molecule has 2 fully saturated rings. The van der Waals surface area contributed by atoms with Crippen molar-refractivity contribution in [2.75, 3.05) is 30.1 Å². The Bertz CT molecular complexity index is 1880. The molecule has 5 atom stereocenters. The fraction of sp³-hybridized carbons (Fsp3) is 0.421. The van der Waals surface area contributed by atoms with Crippen LogP contribution in [0.4, 0.5) is 11.4 Å². The molecule has 0 aliphatic carbocycles. The Labute approximate surface area is 293 Å². The van der Waals surface area contributed by atoms with Crippen molar-refractivity contribution in [2.24, 2.45) is 5.92 Å². The summed E-state index contributed by atoms with van der Waals surface area (Å²) in [4.78, 5) is 42.7. The van der Waals surface area contributed by atoms with Gasteiger partial charge in [-0.15, -0.1) is 5.10 Å². The number of fused-ring (bicyclic) bond motifs is 2. The number of aromatic nitrogens is 3. The number of ether oxygens (including phenoxy) is 2. The molecule has 4 aromatic rings. The van der Waals surface area contributed by atoms with Gasteiger partial charge in [0.05, 0.1) is 43.7 Å². The quantitative estimate of drug-likeness (QED) is 0.211. The van der Waals surface area contributed by atoms with Gasteiger partial charge in [0.2, 0.25) is 5.91 Å². The van der Waals surface area contributed by atoms with Crippen molar-refractivity contribution in [3.8, 4) is 5.75 Å². The van der Waals surface area contributed by atoms with Crippen molar-refractivity contribution < 1.29 is 29.0 Å². The number of carbonyl (C=O) groups excluding carboxylic acids is 2. The molecule has 0 bridgehead atoms. The summed E-state index contributed by atoms with van der Waals surface area (Å²) in [6.45, 7) is 7.21. The Kier molecular flexibility index (Phi) is 9.14. The van der Waals surface area contributed by atoms with Gasteiger partial charge >= 0.3 is 0 Å². The van der Waals surface area contributed by atoms with Crippen molar-refractivity contribution in [1.29, 1.82) is 0 Å². The first-order chi connectivity index (χ1) is 24.0. The molecule has 4 heterocycles. The van der Waals surface area contributed by atoms with E-state index in [1.54, 1.807) is 16.7 Å². The molecule has 11 nitrogen and oxygen atoms in total. The molecule has 0 radical (unpaired) electrons. The standard InChI is InChI=1S/C38H45N5O6Si/c1-25-36(50(3,4)47)34(17-19-41-23-32(39-40-41)30(24-44)27-11-6-5-7-12-27)49-38(25)31-21-29(48-2)15-16-33(31)43(37(38)46)22-26-10-8-13-28(20-26)42-18-9-14-35(42)45/h5-8,10-13,15-16,20-21,23,25,30,34,36,44,47H,9,14,17-19,22,24H2,1-4H3/t25-,30?,34+,36-,38+/m1/s1. The number of aliphatic hydroxyl groups excluding tert-OH is 1. The number of carbonyl (C=O) groups is 2. The van der Waals surface area contributed by atoms with E-state index >= 15 is 0 Å². The van der Waals surface area contributed by atoms with E-state index in [4.69, 9.17) is 9.47 Å². The van der Waals surface area contributed by atoms with Crippen LogP contribution in [-0.2, 0) is 33.0 Å². The summed E-state index contributed by atoms with van der Waals surface area (Å²) in [5.74, 6) is -0.0609. The first-order valence-corrected chi connectivity index (χ1v) is 20.4. The van der Waals surface area contributed by atoms with Gasteiger partial charge in [0.15, 0.2) is 13.9 Å². The zero-order chi connectivity index (χ0) is 35.2. The Hall–Kier alpha value is -4.36. The Balaban J connectivity index is 1.18. The van der Waals surface area contributed by atoms with Gasteiger partial charge in [0.25, 0.3) is 5.91 Å². The number of aryl methyl sites for hydroxylation is 1. The van der Waals surface area contributed by atoms with E-state index in [0.29, 0.717) is 43.9 Å². The minimum Gasteiger partial charge on any atom is -0.497 e. The minimum atomic E-state index is -2.89. The van der Waals surface area contributed by atoms with E-state index in [0.717, 1.165) is 34.5 Å². The number of amides is 2. The largest absolute Gasteiger partial charge is 0.497 e. The van der Waals surface area contributed by atoms with E-state index in [2.05, 4.69) is 10.3 Å². The van der Waals surface area contributed by atoms with Crippen LogP contribution in [-0.4, -0.2) is 71.4 Å². The average molecular weight is 696 g/mol. The predicted molar refractivity (Wildman–Crippen MR) is 191 cm³/mol. The fourth-order valence-corrected chi connectivity index (χ4v) is 11.0. The zero-order valence-corrected chi connectivity index (χ0v) is 30.0. The maximum Gasteiger partial charge on any atom is 0.264 e. The summed E-state index contributed by atoms with van der Waals surface area (Å²) in [5, 5.41) is 18.9. The number of methoxy groups -OCH3 is 1. The highest BCUT2D eigenvalue weighted by atomic mass is 28.4. The van der Waals surface area contributed by atoms with Crippen LogP contribution >= 0.6 is 0 Å². The van der Waals surface area contributed by atoms with Crippen LogP contribution < -0.4 is 14.5 Å². The molecule has 3 aliphatic heterocycles. The van der Waals surface area contributed by atoms with Gasteiger partial charge in [0, 0.05) is 48.4 Å². The molecule has 2 saturated heterocycles. The minimum absolute atomic E-state index is 0.0942. The molecule has 3 aromatic carbocycles. The predicted octanol–water partition coefficient (Wildman–Crippen LogP) is 4.97. The molecule has 262 valence electrons. The lowest BCUT2D eigenvalue weighted by Gasteiger charge is -2.32. The molecular formula is C38H45N5O6Si. The van der Waals surface area contributed by atoms with E-state index in [9.17, 15) is 19.5 Å². The molecule has 3 aliphatic rings. The summed E-state index contributed by atoms with van der Waals surface area (Å²) in [6.07, 6.45) is 3.31. The van der Waals surface area contributed by atoms with Crippen molar-refractivity contribution in [3.63, 3.8) is 0 Å². The van der Waals surface area contributed by atoms with Crippen molar-refractivity contribution in [3.05, 3.63) is 101 Å². The van der Waals surface area contributed by atoms with E-state index in [-0.39, 0.29) is 35.8 Å². The summed E-state index contributed by atoms with van der Waals surface area (Å²) in [5.41, 5.74) is 3.28. The lowest BCUT2D eigenvalue weighted by molar-refractivity contribution is -0.146. The van der Waals surface area contributed by atoms with Crippen LogP contribution in [0.5, 0.6) is 5.75 Å². The van der Waals surface area contributed by atoms with Crippen LogP contribution in [0.2, 0.25) is 18.6 Å². The smallest absolute Gasteiger partial charge is 0.264 e. The Morgan fingerprint density at radius 3 is 2.58 bits per heavy atom. The van der Waals surface area contributed by atoms with Crippen molar-refractivity contribution in [2.45, 2.75) is 75.5 Å². The maximum absolute atomic E-state index is 14.9. The molecule has 0 saturated carbocycles. The first kappa shape index (κ1) is 34.1. The molecular weight excluding hydrogens is 651 g/mol. The average Bonchev–Trinajstić information content (AvgIpc) is 3.87. The molecule has 50 heavy (non-hydrogen) atoms. The normalized spacial score (nSPS) is 24.0. The highest BCUT2D eigenvalue weighted by Gasteiger charge is 2.66. The molecule has 1 spiro atoms. The maximum atomic E-state index is 14.9. The SMILES string of the molecule is COc1ccc2c(c1)[C@]1(O[C@@H](CCn3cc(C(CO)c4ccccc4)nn3)[C@H]([Si](C)(C)O)[C@H]1C)C(=O)N2Cc1cccc(N2CCCC2=O)c1. The fourth-order valence-electron chi connectivity index (χ4n) is 8.43. The van der Waals surface area contributed by atoms with Crippen molar-refractivity contribution >= 4 is 31.5 Å². The highest BCUT2D eigenvalue weighted by Crippen LogP contribution is 2.60. The topological polar surface area (TPSA) is 130 Å². The summed E-state index contributed by atoms with van der Waals surface area (Å²) in [7, 11) is -1.28. The first-order valence-electron chi connectivity index (χ1n) is 17.4. The van der Waals surface area contributed by atoms with Gasteiger partial charge in [-0.3, -0.25) is 14.3 Å². The number of aliphatic hydroxyl groups is 1. The van der Waals surface area contributed by atoms with Gasteiger partial charge in [-0.1, -0.05) is 54.6 Å². The summed E-state index contributed by atoms with van der Waals surface area (Å²) in [6, 6.07) is 23.2. The Morgan fingerprint density at radius 2 is 1.88 bits per heavy atom. The van der Waals surface area contributed by atoms with Crippen LogP contribution in [0.25, 0.3) is 0 Å². The molecule has 1 aromatic heterocycles. The number of hydrogen-bond donors (Lipinski definition) is 2. The van der Waals surface area contributed by atoms with Gasteiger partial charge in [-0.25, -0.2) is 0 Å². The number of hydrogen-bond acceptors (Lipinski definition) is 8. The highest BCUT2D eigenvalue weighted by molar-refractivity contribution is 6.71. The molecule has 7 rings (SSSR count). The molecule has 1 unspecified atom stereocenters. The summed E-state index contributed by atoms with van der Waals surface area (Å²) < 4.78 is 14.4. The lowest BCUT2D eigenvalue weighted by atomic mass is 9.82. The van der Waals surface area contributed by atoms with Crippen LogP contribution in [0, 0.1) is 5.92 Å². The molecule has 2 N–H and O–H groups in total. The van der Waals surface area contributed by atoms with E-state index in [1.807, 2.05) is 104 Å². The number of nitrogens with zero attached hydrogens (tertiary/aromatic N) is 5. The number of anilines is 2. The van der Waals surface area contributed by atoms with E-state index in [1.165, 1.54) is 0 Å². The molecule has 2 amide bonds. The second-order valence-corrected chi connectivity index (χ2v) is 18.3. The van der Waals surface area contributed by atoms with E-state index < -0.39 is 20.0 Å². The van der Waals surface area contributed by atoms with Crippen LogP contribution in [0.1, 0.15) is 54.5 Å². The third-order valence-electron chi connectivity index (χ3n) is 10.8. The lowest BCUT2D eigenvalue weighted by Crippen LogP contribution is -2.46. The Morgan fingerprint density at radius 1 is 1.08 bits per heavy atom. The third-order valence-corrected chi connectivity index (χ3v) is 13.3. The van der Waals surface area contributed by atoms with Crippen molar-refractivity contribution in [1.82, 2.24) is 15.0 Å². The van der Waals surface area contributed by atoms with Gasteiger partial charge in [-0.05, 0) is 67.4 Å². The van der Waals surface area contributed by atoms with Crippen LogP contribution in [0.3, 0.4) is 0 Å². The van der Waals surface area contributed by atoms with Gasteiger partial charge < -0.3 is 29.2 Å². The number of rotatable bonds is 11. The monoisotopic (exact) mass is 695 g/mol. The van der Waals surface area contributed by atoms with Gasteiger partial charge in [0.1, 0.15) is 5.75 Å².